The highest BCUT2D eigenvalue weighted by Gasteiger charge is 2.12. The minimum absolute atomic E-state index is 0.666. The summed E-state index contributed by atoms with van der Waals surface area (Å²) in [5, 5.41) is 8.99. The van der Waals surface area contributed by atoms with Crippen LogP contribution in [0.5, 0.6) is 0 Å². The molecule has 0 spiro atoms. The molecule has 1 aromatic carbocycles. The van der Waals surface area contributed by atoms with Crippen molar-refractivity contribution in [3.8, 4) is 0 Å². The predicted octanol–water partition coefficient (Wildman–Crippen LogP) is 3.56. The smallest absolute Gasteiger partial charge is 0.132 e. The lowest BCUT2D eigenvalue weighted by Gasteiger charge is -2.24. The number of hydrogen-bond donors (Lipinski definition) is 1. The van der Waals surface area contributed by atoms with E-state index in [9.17, 15) is 0 Å². The Kier molecular flexibility index (Phi) is 5.86. The van der Waals surface area contributed by atoms with Crippen LogP contribution < -0.4 is 10.3 Å². The molecule has 3 rings (SSSR count). The first-order chi connectivity index (χ1) is 12.7. The summed E-state index contributed by atoms with van der Waals surface area (Å²) >= 11 is 0. The number of rotatable bonds is 8. The van der Waals surface area contributed by atoms with E-state index in [4.69, 9.17) is 4.74 Å². The first-order valence-corrected chi connectivity index (χ1v) is 8.79. The molecule has 0 fully saturated rings. The number of aryl methyl sites for hydroxylation is 1. The summed E-state index contributed by atoms with van der Waals surface area (Å²) in [6, 6.07) is 16.2. The number of hydrogen-bond acceptors (Lipinski definition) is 5. The molecule has 3 aromatic rings. The van der Waals surface area contributed by atoms with Gasteiger partial charge in [0, 0.05) is 26.3 Å². The lowest BCUT2D eigenvalue weighted by Crippen LogP contribution is -2.28. The summed E-state index contributed by atoms with van der Waals surface area (Å²) in [5.74, 6) is 1.02. The van der Waals surface area contributed by atoms with E-state index >= 15 is 0 Å². The number of anilines is 2. The number of aromatic nitrogens is 2. The SMILES string of the molecule is CCN(CCOC)c1cc(N/N=C/c2ccccc2)cc2cc(C)nn12. The molecule has 2 aromatic heterocycles. The molecule has 0 aliphatic carbocycles. The zero-order chi connectivity index (χ0) is 18.4. The van der Waals surface area contributed by atoms with E-state index < -0.39 is 0 Å². The fourth-order valence-electron chi connectivity index (χ4n) is 2.85. The molecule has 0 saturated carbocycles. The molecule has 26 heavy (non-hydrogen) atoms. The summed E-state index contributed by atoms with van der Waals surface area (Å²) in [5.41, 5.74) is 7.14. The monoisotopic (exact) mass is 351 g/mol. The number of hydrazone groups is 1. The van der Waals surface area contributed by atoms with Crippen LogP contribution in [-0.2, 0) is 4.74 Å². The summed E-state index contributed by atoms with van der Waals surface area (Å²) in [7, 11) is 1.72. The molecule has 0 saturated heterocycles. The maximum absolute atomic E-state index is 5.25. The minimum Gasteiger partial charge on any atom is -0.383 e. The molecule has 0 amide bonds. The molecular weight excluding hydrogens is 326 g/mol. The molecule has 0 atom stereocenters. The van der Waals surface area contributed by atoms with Crippen LogP contribution in [0.4, 0.5) is 11.5 Å². The topological polar surface area (TPSA) is 54.2 Å². The van der Waals surface area contributed by atoms with Crippen LogP contribution in [0.1, 0.15) is 18.2 Å². The Morgan fingerprint density at radius 3 is 2.77 bits per heavy atom. The van der Waals surface area contributed by atoms with Crippen LogP contribution >= 0.6 is 0 Å². The number of likely N-dealkylation sites (N-methyl/N-ethyl adjacent to an activating group) is 1. The lowest BCUT2D eigenvalue weighted by molar-refractivity contribution is 0.205. The number of fused-ring (bicyclic) bond motifs is 1. The molecular formula is C20H25N5O. The molecule has 136 valence electrons. The molecule has 2 heterocycles. The van der Waals surface area contributed by atoms with Gasteiger partial charge in [0.25, 0.3) is 0 Å². The van der Waals surface area contributed by atoms with Crippen LogP contribution in [0, 0.1) is 6.92 Å². The Labute approximate surface area is 154 Å². The molecule has 0 unspecified atom stereocenters. The fourth-order valence-corrected chi connectivity index (χ4v) is 2.85. The van der Waals surface area contributed by atoms with Crippen LogP contribution in [-0.4, -0.2) is 42.6 Å². The second kappa shape index (κ2) is 8.49. The van der Waals surface area contributed by atoms with Crippen molar-refractivity contribution in [3.05, 3.63) is 59.8 Å². The van der Waals surface area contributed by atoms with Crippen molar-refractivity contribution in [3.63, 3.8) is 0 Å². The van der Waals surface area contributed by atoms with E-state index in [0.717, 1.165) is 41.4 Å². The van der Waals surface area contributed by atoms with Crippen molar-refractivity contribution in [1.82, 2.24) is 9.61 Å². The van der Waals surface area contributed by atoms with E-state index in [1.54, 1.807) is 7.11 Å². The third-order valence-electron chi connectivity index (χ3n) is 4.14. The van der Waals surface area contributed by atoms with Gasteiger partial charge in [-0.25, -0.2) is 4.52 Å². The van der Waals surface area contributed by atoms with Gasteiger partial charge in [0.05, 0.1) is 29.7 Å². The summed E-state index contributed by atoms with van der Waals surface area (Å²) in [4.78, 5) is 2.25. The Morgan fingerprint density at radius 2 is 2.04 bits per heavy atom. The number of benzene rings is 1. The van der Waals surface area contributed by atoms with E-state index in [0.29, 0.717) is 6.61 Å². The van der Waals surface area contributed by atoms with Crippen LogP contribution in [0.2, 0.25) is 0 Å². The highest BCUT2D eigenvalue weighted by molar-refractivity contribution is 5.80. The number of nitrogens with zero attached hydrogens (tertiary/aromatic N) is 4. The zero-order valence-electron chi connectivity index (χ0n) is 15.5. The van der Waals surface area contributed by atoms with E-state index in [2.05, 4.69) is 45.6 Å². The molecule has 6 nitrogen and oxygen atoms in total. The van der Waals surface area contributed by atoms with Gasteiger partial charge in [-0.3, -0.25) is 5.43 Å². The summed E-state index contributed by atoms with van der Waals surface area (Å²) in [6.07, 6.45) is 1.81. The second-order valence-electron chi connectivity index (χ2n) is 6.08. The molecule has 0 aliphatic rings. The van der Waals surface area contributed by atoms with Crippen molar-refractivity contribution in [2.45, 2.75) is 13.8 Å². The fraction of sp³-hybridized carbons (Fsp3) is 0.300. The first kappa shape index (κ1) is 17.9. The average Bonchev–Trinajstić information content (AvgIpc) is 3.03. The number of nitrogens with one attached hydrogen (secondary N) is 1. The van der Waals surface area contributed by atoms with Gasteiger partial charge in [0.2, 0.25) is 0 Å². The highest BCUT2D eigenvalue weighted by Crippen LogP contribution is 2.23. The van der Waals surface area contributed by atoms with Crippen molar-refractivity contribution >= 4 is 23.2 Å². The van der Waals surface area contributed by atoms with Gasteiger partial charge in [0.1, 0.15) is 5.82 Å². The van der Waals surface area contributed by atoms with E-state index in [-0.39, 0.29) is 0 Å². The molecule has 6 heteroatoms. The maximum atomic E-state index is 5.25. The third-order valence-corrected chi connectivity index (χ3v) is 4.14. The van der Waals surface area contributed by atoms with Crippen molar-refractivity contribution in [2.24, 2.45) is 5.10 Å². The highest BCUT2D eigenvalue weighted by atomic mass is 16.5. The quantitative estimate of drug-likeness (QED) is 0.498. The largest absolute Gasteiger partial charge is 0.383 e. The number of ether oxygens (including phenoxy) is 1. The van der Waals surface area contributed by atoms with Gasteiger partial charge in [-0.2, -0.15) is 10.2 Å². The van der Waals surface area contributed by atoms with E-state index in [1.165, 1.54) is 0 Å². The van der Waals surface area contributed by atoms with Crippen LogP contribution in [0.3, 0.4) is 0 Å². The summed E-state index contributed by atoms with van der Waals surface area (Å²) < 4.78 is 7.22. The molecule has 0 aliphatic heterocycles. The van der Waals surface area contributed by atoms with Crippen LogP contribution in [0.25, 0.3) is 5.52 Å². The Bertz CT molecular complexity index is 873. The van der Waals surface area contributed by atoms with Gasteiger partial charge in [-0.15, -0.1) is 0 Å². The van der Waals surface area contributed by atoms with Gasteiger partial charge in [-0.1, -0.05) is 30.3 Å². The van der Waals surface area contributed by atoms with Crippen LogP contribution in [0.15, 0.2) is 53.6 Å². The molecule has 1 N–H and O–H groups in total. The van der Waals surface area contributed by atoms with Crippen molar-refractivity contribution in [1.29, 1.82) is 0 Å². The van der Waals surface area contributed by atoms with Gasteiger partial charge >= 0.3 is 0 Å². The number of methoxy groups -OCH3 is 1. The Balaban J connectivity index is 1.89. The van der Waals surface area contributed by atoms with Gasteiger partial charge < -0.3 is 9.64 Å². The normalized spacial score (nSPS) is 11.3. The van der Waals surface area contributed by atoms with E-state index in [1.807, 2.05) is 48.0 Å². The predicted molar refractivity (Wildman–Crippen MR) is 107 cm³/mol. The maximum Gasteiger partial charge on any atom is 0.132 e. The van der Waals surface area contributed by atoms with Gasteiger partial charge in [-0.05, 0) is 31.5 Å². The number of pyridine rings is 1. The first-order valence-electron chi connectivity index (χ1n) is 8.79. The van der Waals surface area contributed by atoms with Crippen molar-refractivity contribution < 1.29 is 4.74 Å². The van der Waals surface area contributed by atoms with Crippen molar-refractivity contribution in [2.75, 3.05) is 37.1 Å². The Hall–Kier alpha value is -2.86. The average molecular weight is 351 g/mol. The molecule has 0 radical (unpaired) electrons. The summed E-state index contributed by atoms with van der Waals surface area (Å²) in [6.45, 7) is 6.47. The second-order valence-corrected chi connectivity index (χ2v) is 6.08. The third kappa shape index (κ3) is 4.21. The zero-order valence-corrected chi connectivity index (χ0v) is 15.5. The molecule has 0 bridgehead atoms. The standard InChI is InChI=1S/C20H25N5O/c1-4-24(10-11-26-3)20-14-18(13-19-12-16(2)23-25(19)20)22-21-15-17-8-6-5-7-9-17/h5-9,12-15,22H,4,10-11H2,1-3H3/b21-15+. The Morgan fingerprint density at radius 1 is 1.23 bits per heavy atom. The minimum atomic E-state index is 0.666. The lowest BCUT2D eigenvalue weighted by atomic mass is 10.2. The van der Waals surface area contributed by atoms with Gasteiger partial charge in [0.15, 0.2) is 0 Å².